The van der Waals surface area contributed by atoms with E-state index < -0.39 is 0 Å². The molecular weight excluding hydrogens is 306 g/mol. The zero-order chi connectivity index (χ0) is 13.9. The van der Waals surface area contributed by atoms with E-state index in [9.17, 15) is 0 Å². The molecule has 1 aromatic rings. The minimum Gasteiger partial charge on any atom is -0.496 e. The number of halogens is 1. The molecule has 0 spiro atoms. The summed E-state index contributed by atoms with van der Waals surface area (Å²) in [5.41, 5.74) is 1.17. The van der Waals surface area contributed by atoms with Crippen LogP contribution in [0, 0.1) is 0 Å². The summed E-state index contributed by atoms with van der Waals surface area (Å²) < 4.78 is 12.2. The Balaban J connectivity index is 1.96. The lowest BCUT2D eigenvalue weighted by molar-refractivity contribution is -0.0630. The Bertz CT molecular complexity index is 434. The number of rotatable bonds is 4. The van der Waals surface area contributed by atoms with E-state index in [1.165, 1.54) is 5.56 Å². The van der Waals surface area contributed by atoms with Crippen molar-refractivity contribution in [2.45, 2.75) is 44.9 Å². The Morgan fingerprint density at radius 2 is 2.26 bits per heavy atom. The number of hydrogen-bond acceptors (Lipinski definition) is 3. The topological polar surface area (TPSA) is 30.5 Å². The highest BCUT2D eigenvalue weighted by molar-refractivity contribution is 9.10. The van der Waals surface area contributed by atoms with Crippen LogP contribution in [0.25, 0.3) is 0 Å². The Hall–Kier alpha value is -0.580. The highest BCUT2D eigenvalue weighted by Crippen LogP contribution is 2.26. The van der Waals surface area contributed by atoms with Gasteiger partial charge in [-0.25, -0.2) is 0 Å². The molecule has 1 heterocycles. The largest absolute Gasteiger partial charge is 0.496 e. The van der Waals surface area contributed by atoms with Gasteiger partial charge in [-0.2, -0.15) is 0 Å². The second-order valence-corrected chi connectivity index (χ2v) is 6.55. The third kappa shape index (κ3) is 4.20. The molecule has 0 aromatic heterocycles. The van der Waals surface area contributed by atoms with Crippen LogP contribution in [-0.4, -0.2) is 25.4 Å². The first kappa shape index (κ1) is 14.8. The van der Waals surface area contributed by atoms with Gasteiger partial charge in [-0.1, -0.05) is 15.9 Å². The maximum atomic E-state index is 5.74. The van der Waals surface area contributed by atoms with Gasteiger partial charge in [0.05, 0.1) is 12.7 Å². The minimum atomic E-state index is -0.0166. The van der Waals surface area contributed by atoms with Gasteiger partial charge in [0.1, 0.15) is 5.75 Å². The molecule has 0 bridgehead atoms. The van der Waals surface area contributed by atoms with Crippen molar-refractivity contribution in [2.24, 2.45) is 0 Å². The lowest BCUT2D eigenvalue weighted by Gasteiger charge is -2.36. The molecular formula is C15H22BrNO2. The van der Waals surface area contributed by atoms with Gasteiger partial charge >= 0.3 is 0 Å². The SMILES string of the molecule is COc1ccc(Br)cc1CNC1CCOC(C)(C)C1. The van der Waals surface area contributed by atoms with E-state index in [-0.39, 0.29) is 5.60 Å². The summed E-state index contributed by atoms with van der Waals surface area (Å²) in [5.74, 6) is 0.932. The molecule has 1 fully saturated rings. The quantitative estimate of drug-likeness (QED) is 0.918. The number of ether oxygens (including phenoxy) is 2. The first-order chi connectivity index (χ1) is 9.00. The van der Waals surface area contributed by atoms with E-state index in [1.54, 1.807) is 7.11 Å². The minimum absolute atomic E-state index is 0.0166. The summed E-state index contributed by atoms with van der Waals surface area (Å²) in [6.45, 7) is 5.96. The predicted octanol–water partition coefficient (Wildman–Crippen LogP) is 3.50. The van der Waals surface area contributed by atoms with Crippen LogP contribution < -0.4 is 10.1 Å². The van der Waals surface area contributed by atoms with Crippen LogP contribution in [0.15, 0.2) is 22.7 Å². The highest BCUT2D eigenvalue weighted by atomic mass is 79.9. The third-order valence-corrected chi connectivity index (χ3v) is 4.01. The first-order valence-electron chi connectivity index (χ1n) is 6.70. The summed E-state index contributed by atoms with van der Waals surface area (Å²) in [5, 5.41) is 3.61. The molecule has 1 N–H and O–H groups in total. The van der Waals surface area contributed by atoms with Crippen LogP contribution in [0.2, 0.25) is 0 Å². The van der Waals surface area contributed by atoms with Gasteiger partial charge < -0.3 is 14.8 Å². The number of nitrogens with one attached hydrogen (secondary N) is 1. The van der Waals surface area contributed by atoms with E-state index in [2.05, 4.69) is 41.2 Å². The molecule has 1 aliphatic rings. The fraction of sp³-hybridized carbons (Fsp3) is 0.600. The lowest BCUT2D eigenvalue weighted by atomic mass is 9.94. The van der Waals surface area contributed by atoms with Gasteiger partial charge in [-0.3, -0.25) is 0 Å². The highest BCUT2D eigenvalue weighted by Gasteiger charge is 2.28. The average molecular weight is 328 g/mol. The van der Waals surface area contributed by atoms with E-state index >= 15 is 0 Å². The van der Waals surface area contributed by atoms with Gasteiger partial charge in [0, 0.05) is 29.2 Å². The predicted molar refractivity (Wildman–Crippen MR) is 80.6 cm³/mol. The summed E-state index contributed by atoms with van der Waals surface area (Å²) in [4.78, 5) is 0. The summed E-state index contributed by atoms with van der Waals surface area (Å²) in [6.07, 6.45) is 2.11. The van der Waals surface area contributed by atoms with Crippen LogP contribution in [0.4, 0.5) is 0 Å². The second kappa shape index (κ2) is 6.25. The van der Waals surface area contributed by atoms with Crippen molar-refractivity contribution >= 4 is 15.9 Å². The molecule has 0 saturated carbocycles. The molecule has 0 aliphatic carbocycles. The Kier molecular flexibility index (Phi) is 4.87. The van der Waals surface area contributed by atoms with Crippen molar-refractivity contribution in [1.29, 1.82) is 0 Å². The van der Waals surface area contributed by atoms with Crippen molar-refractivity contribution < 1.29 is 9.47 Å². The van der Waals surface area contributed by atoms with E-state index in [1.807, 2.05) is 12.1 Å². The molecule has 0 amide bonds. The van der Waals surface area contributed by atoms with Crippen molar-refractivity contribution in [3.63, 3.8) is 0 Å². The van der Waals surface area contributed by atoms with E-state index in [0.717, 1.165) is 36.2 Å². The summed E-state index contributed by atoms with van der Waals surface area (Å²) >= 11 is 3.51. The Morgan fingerprint density at radius 1 is 1.47 bits per heavy atom. The van der Waals surface area contributed by atoms with Crippen LogP contribution in [0.1, 0.15) is 32.3 Å². The molecule has 106 valence electrons. The molecule has 1 saturated heterocycles. The molecule has 1 atom stereocenters. The zero-order valence-corrected chi connectivity index (χ0v) is 13.4. The Labute approximate surface area is 123 Å². The maximum absolute atomic E-state index is 5.74. The average Bonchev–Trinajstić information content (AvgIpc) is 2.35. The molecule has 2 rings (SSSR count). The monoisotopic (exact) mass is 327 g/mol. The molecule has 1 aliphatic heterocycles. The molecule has 19 heavy (non-hydrogen) atoms. The van der Waals surface area contributed by atoms with Crippen LogP contribution in [-0.2, 0) is 11.3 Å². The van der Waals surface area contributed by atoms with E-state index in [4.69, 9.17) is 9.47 Å². The molecule has 1 aromatic carbocycles. The fourth-order valence-electron chi connectivity index (χ4n) is 2.55. The third-order valence-electron chi connectivity index (χ3n) is 3.52. The van der Waals surface area contributed by atoms with E-state index in [0.29, 0.717) is 6.04 Å². The van der Waals surface area contributed by atoms with Crippen LogP contribution in [0.5, 0.6) is 5.75 Å². The van der Waals surface area contributed by atoms with Gasteiger partial charge in [0.25, 0.3) is 0 Å². The van der Waals surface area contributed by atoms with Crippen LogP contribution >= 0.6 is 15.9 Å². The normalized spacial score (nSPS) is 22.2. The van der Waals surface area contributed by atoms with Crippen molar-refractivity contribution in [3.05, 3.63) is 28.2 Å². The molecule has 1 unspecified atom stereocenters. The standard InChI is InChI=1S/C15H22BrNO2/c1-15(2)9-13(6-7-19-15)17-10-11-8-12(16)4-5-14(11)18-3/h4-5,8,13,17H,6-7,9-10H2,1-3H3. The van der Waals surface area contributed by atoms with Crippen molar-refractivity contribution in [3.8, 4) is 5.75 Å². The van der Waals surface area contributed by atoms with Crippen LogP contribution in [0.3, 0.4) is 0 Å². The van der Waals surface area contributed by atoms with Gasteiger partial charge in [-0.15, -0.1) is 0 Å². The van der Waals surface area contributed by atoms with Crippen molar-refractivity contribution in [1.82, 2.24) is 5.32 Å². The molecule has 0 radical (unpaired) electrons. The van der Waals surface area contributed by atoms with Crippen molar-refractivity contribution in [2.75, 3.05) is 13.7 Å². The summed E-state index contributed by atoms with van der Waals surface area (Å²) in [6, 6.07) is 6.61. The second-order valence-electron chi connectivity index (χ2n) is 5.63. The summed E-state index contributed by atoms with van der Waals surface area (Å²) in [7, 11) is 1.71. The van der Waals surface area contributed by atoms with Gasteiger partial charge in [0.2, 0.25) is 0 Å². The fourth-order valence-corrected chi connectivity index (χ4v) is 2.95. The first-order valence-corrected chi connectivity index (χ1v) is 7.49. The zero-order valence-electron chi connectivity index (χ0n) is 11.8. The number of benzene rings is 1. The van der Waals surface area contributed by atoms with Gasteiger partial charge in [-0.05, 0) is 44.9 Å². The smallest absolute Gasteiger partial charge is 0.123 e. The Morgan fingerprint density at radius 3 is 2.95 bits per heavy atom. The number of hydrogen-bond donors (Lipinski definition) is 1. The molecule has 4 heteroatoms. The van der Waals surface area contributed by atoms with Gasteiger partial charge in [0.15, 0.2) is 0 Å². The lowest BCUT2D eigenvalue weighted by Crippen LogP contribution is -2.43. The number of methoxy groups -OCH3 is 1. The maximum Gasteiger partial charge on any atom is 0.123 e. The molecule has 3 nitrogen and oxygen atoms in total.